The number of rotatable bonds is 1. The Morgan fingerprint density at radius 1 is 1.80 bits per heavy atom. The van der Waals surface area contributed by atoms with Gasteiger partial charge in [-0.15, -0.1) is 0 Å². The van der Waals surface area contributed by atoms with Crippen LogP contribution in [0.15, 0.2) is 5.16 Å². The van der Waals surface area contributed by atoms with E-state index in [4.69, 9.17) is 10.0 Å². The first kappa shape index (κ1) is 4.14. The third-order valence-electron chi connectivity index (χ3n) is 0.122. The van der Waals surface area contributed by atoms with Crippen molar-refractivity contribution < 1.29 is 4.79 Å². The van der Waals surface area contributed by atoms with E-state index in [1.54, 1.807) is 0 Å². The zero-order valence-electron chi connectivity index (χ0n) is 2.42. The van der Waals surface area contributed by atoms with Gasteiger partial charge >= 0.3 is 0 Å². The Balaban J connectivity index is 2.92. The first-order valence-electron chi connectivity index (χ1n) is 1.01. The summed E-state index contributed by atoms with van der Waals surface area (Å²) in [6.07, 6.45) is 0.965. The molecule has 0 radical (unpaired) electrons. The number of nitrogens with zero attached hydrogens (tertiary/aromatic N) is 1. The largest absolute Gasteiger partial charge is 0.792 e. The lowest BCUT2D eigenvalue weighted by Gasteiger charge is -1.77. The number of hydrogen-bond donors (Lipinski definition) is 0. The third kappa shape index (κ3) is 3.14. The molecule has 3 heteroatoms. The van der Waals surface area contributed by atoms with Crippen LogP contribution in [0.4, 0.5) is 0 Å². The van der Waals surface area contributed by atoms with Crippen molar-refractivity contribution in [3.05, 3.63) is 5.21 Å². The zero-order chi connectivity index (χ0) is 4.12. The van der Waals surface area contributed by atoms with Gasteiger partial charge < -0.3 is 10.4 Å². The molecule has 0 amide bonds. The van der Waals surface area contributed by atoms with Crippen molar-refractivity contribution in [2.45, 2.75) is 0 Å². The molecular weight excluding hydrogens is 70.0 g/mol. The van der Waals surface area contributed by atoms with E-state index in [0.29, 0.717) is 12.5 Å². The second-order valence-electron chi connectivity index (χ2n) is 0.391. The van der Waals surface area contributed by atoms with Crippen LogP contribution in [0.1, 0.15) is 0 Å². The van der Waals surface area contributed by atoms with E-state index in [-0.39, 0.29) is 0 Å². The summed E-state index contributed by atoms with van der Waals surface area (Å²) >= 11 is 0. The lowest BCUT2D eigenvalue weighted by molar-refractivity contribution is -0.102. The average molecular weight is 72.0 g/mol. The minimum absolute atomic E-state index is 0.326. The van der Waals surface area contributed by atoms with E-state index in [9.17, 15) is 0 Å². The molecule has 5 heavy (non-hydrogen) atoms. The number of carbonyl (C=O) groups is 1. The van der Waals surface area contributed by atoms with Gasteiger partial charge in [-0.25, -0.2) is 0 Å². The van der Waals surface area contributed by atoms with Gasteiger partial charge in [-0.2, -0.15) is 0 Å². The lowest BCUT2D eigenvalue weighted by atomic mass is 10.9. The van der Waals surface area contributed by atoms with Crippen molar-refractivity contribution in [2.75, 3.05) is 0 Å². The first-order valence-corrected chi connectivity index (χ1v) is 1.01. The SMILES string of the molecule is O=C/C=N/[O-]. The summed E-state index contributed by atoms with van der Waals surface area (Å²) in [6.45, 7) is 0. The van der Waals surface area contributed by atoms with E-state index >= 15 is 0 Å². The fourth-order valence-corrected chi connectivity index (χ4v) is 0.0248. The fourth-order valence-electron chi connectivity index (χ4n) is 0.0248. The van der Waals surface area contributed by atoms with Crippen molar-refractivity contribution in [1.82, 2.24) is 0 Å². The van der Waals surface area contributed by atoms with Gasteiger partial charge in [-0.05, 0) is 0 Å². The van der Waals surface area contributed by atoms with Crippen LogP contribution in [-0.4, -0.2) is 12.5 Å². The van der Waals surface area contributed by atoms with Crippen molar-refractivity contribution in [3.8, 4) is 0 Å². The van der Waals surface area contributed by atoms with Gasteiger partial charge in [-0.3, -0.25) is 4.79 Å². The summed E-state index contributed by atoms with van der Waals surface area (Å²) < 4.78 is 0. The Kier molecular flexibility index (Phi) is 2.60. The topological polar surface area (TPSA) is 52.5 Å². The number of carbonyl (C=O) groups excluding carboxylic acids is 1. The highest BCUT2D eigenvalue weighted by molar-refractivity contribution is 6.12. The van der Waals surface area contributed by atoms with E-state index in [1.807, 2.05) is 0 Å². The number of aldehydes is 1. The maximum atomic E-state index is 9.06. The molecule has 0 heterocycles. The molecule has 0 saturated carbocycles. The molecule has 0 fully saturated rings. The molecule has 0 aromatic heterocycles. The summed E-state index contributed by atoms with van der Waals surface area (Å²) in [7, 11) is 0. The maximum Gasteiger partial charge on any atom is 0.160 e. The molecule has 3 nitrogen and oxygen atoms in total. The van der Waals surface area contributed by atoms with Crippen LogP contribution in [0.2, 0.25) is 0 Å². The summed E-state index contributed by atoms with van der Waals surface area (Å²) in [6, 6.07) is 0. The van der Waals surface area contributed by atoms with Gasteiger partial charge in [0.1, 0.15) is 0 Å². The summed E-state index contributed by atoms with van der Waals surface area (Å²) in [5, 5.41) is 11.0. The highest BCUT2D eigenvalue weighted by atomic mass is 16.4. The normalized spacial score (nSPS) is 8.80. The Labute approximate surface area is 28.9 Å². The van der Waals surface area contributed by atoms with Crippen molar-refractivity contribution in [3.63, 3.8) is 0 Å². The average Bonchev–Trinajstić information content (AvgIpc) is 1.41. The summed E-state index contributed by atoms with van der Waals surface area (Å²) in [5.74, 6) is 0. The monoisotopic (exact) mass is 72.0 g/mol. The second kappa shape index (κ2) is 3.14. The molecule has 0 saturated heterocycles. The van der Waals surface area contributed by atoms with Crippen LogP contribution in [0.3, 0.4) is 0 Å². The molecule has 0 aromatic rings. The zero-order valence-corrected chi connectivity index (χ0v) is 2.42. The van der Waals surface area contributed by atoms with Crippen LogP contribution in [0.5, 0.6) is 0 Å². The molecule has 0 atom stereocenters. The van der Waals surface area contributed by atoms with Crippen LogP contribution in [0, 0.1) is 5.21 Å². The molecule has 0 aliphatic rings. The lowest BCUT2D eigenvalue weighted by Crippen LogP contribution is -1.65. The van der Waals surface area contributed by atoms with E-state index in [2.05, 4.69) is 5.16 Å². The fraction of sp³-hybridized carbons (Fsp3) is 0. The summed E-state index contributed by atoms with van der Waals surface area (Å²) in [4.78, 5) is 9.06. The van der Waals surface area contributed by atoms with Crippen LogP contribution in [0.25, 0.3) is 0 Å². The first-order chi connectivity index (χ1) is 2.41. The molecular formula is C2H2NO2-. The minimum Gasteiger partial charge on any atom is -0.792 e. The molecule has 0 aliphatic heterocycles. The van der Waals surface area contributed by atoms with E-state index in [1.165, 1.54) is 0 Å². The molecule has 0 N–H and O–H groups in total. The molecule has 0 spiro atoms. The summed E-state index contributed by atoms with van der Waals surface area (Å²) in [5.41, 5.74) is 0. The maximum absolute atomic E-state index is 9.06. The predicted molar refractivity (Wildman–Crippen MR) is 17.9 cm³/mol. The van der Waals surface area contributed by atoms with Crippen molar-refractivity contribution >= 4 is 12.5 Å². The third-order valence-corrected chi connectivity index (χ3v) is 0.122. The number of hydrogen-bond acceptors (Lipinski definition) is 3. The molecule has 0 aliphatic carbocycles. The standard InChI is InChI=1S/C2H3NO2/c4-2-1-3-5/h1-2,5H/p-1/b3-1+. The van der Waals surface area contributed by atoms with Gasteiger partial charge in [0.15, 0.2) is 6.29 Å². The van der Waals surface area contributed by atoms with Crippen LogP contribution in [-0.2, 0) is 4.79 Å². The van der Waals surface area contributed by atoms with Crippen LogP contribution < -0.4 is 0 Å². The molecule has 28 valence electrons. The highest BCUT2D eigenvalue weighted by Gasteiger charge is 1.44. The van der Waals surface area contributed by atoms with Gasteiger partial charge in [0.2, 0.25) is 0 Å². The van der Waals surface area contributed by atoms with Gasteiger partial charge in [0.05, 0.1) is 6.21 Å². The highest BCUT2D eigenvalue weighted by Crippen LogP contribution is 1.42. The van der Waals surface area contributed by atoms with Crippen molar-refractivity contribution in [2.24, 2.45) is 5.16 Å². The quantitative estimate of drug-likeness (QED) is 0.244. The Morgan fingerprint density at radius 3 is 2.40 bits per heavy atom. The van der Waals surface area contributed by atoms with E-state index < -0.39 is 0 Å². The Bertz CT molecular complexity index is 49.6. The van der Waals surface area contributed by atoms with E-state index in [0.717, 1.165) is 0 Å². The molecule has 0 aromatic carbocycles. The van der Waals surface area contributed by atoms with Crippen molar-refractivity contribution in [1.29, 1.82) is 0 Å². The van der Waals surface area contributed by atoms with Crippen LogP contribution >= 0.6 is 0 Å². The Morgan fingerprint density at radius 2 is 2.40 bits per heavy atom. The van der Waals surface area contributed by atoms with Gasteiger partial charge in [0.25, 0.3) is 0 Å². The molecule has 0 rings (SSSR count). The molecule has 0 unspecified atom stereocenters. The minimum atomic E-state index is 0.326. The van der Waals surface area contributed by atoms with Gasteiger partial charge in [-0.1, -0.05) is 0 Å². The Hall–Kier alpha value is -0.860. The second-order valence-corrected chi connectivity index (χ2v) is 0.391. The smallest absolute Gasteiger partial charge is 0.160 e. The predicted octanol–water partition coefficient (Wildman–Crippen LogP) is -0.246. The molecule has 0 bridgehead atoms. The van der Waals surface area contributed by atoms with Gasteiger partial charge in [0, 0.05) is 0 Å².